The summed E-state index contributed by atoms with van der Waals surface area (Å²) in [6.07, 6.45) is 2.25. The molecular weight excluding hydrogens is 320 g/mol. The Kier molecular flexibility index (Phi) is 5.15. The lowest BCUT2D eigenvalue weighted by Crippen LogP contribution is -2.09. The molecule has 7 heteroatoms. The average molecular weight is 338 g/mol. The molecule has 0 radical (unpaired) electrons. The van der Waals surface area contributed by atoms with Crippen molar-refractivity contribution in [2.24, 2.45) is 0 Å². The first-order valence-corrected chi connectivity index (χ1v) is 7.88. The molecule has 0 saturated carbocycles. The fourth-order valence-electron chi connectivity index (χ4n) is 2.71. The van der Waals surface area contributed by atoms with E-state index in [1.807, 2.05) is 18.2 Å². The summed E-state index contributed by atoms with van der Waals surface area (Å²) in [6.45, 7) is 1.22. The standard InChI is InChI=1S/C18H18N4O3/c1-25-11-14-5-3-2-4-13(14)8-9-19-18-16-10-15(22(23)24)6-7-17(16)20-12-21-18/h2-7,10,12H,8-9,11H2,1H3,(H,19,20,21). The molecule has 2 aromatic carbocycles. The van der Waals surface area contributed by atoms with Crippen LogP contribution in [0.2, 0.25) is 0 Å². The molecule has 25 heavy (non-hydrogen) atoms. The molecule has 0 unspecified atom stereocenters. The van der Waals surface area contributed by atoms with Gasteiger partial charge in [-0.05, 0) is 23.6 Å². The maximum Gasteiger partial charge on any atom is 0.270 e. The van der Waals surface area contributed by atoms with Gasteiger partial charge < -0.3 is 10.1 Å². The van der Waals surface area contributed by atoms with Gasteiger partial charge in [0, 0.05) is 31.2 Å². The number of fused-ring (bicyclic) bond motifs is 1. The number of nitrogens with zero attached hydrogens (tertiary/aromatic N) is 3. The predicted octanol–water partition coefficient (Wildman–Crippen LogP) is 3.34. The van der Waals surface area contributed by atoms with Crippen molar-refractivity contribution in [1.82, 2.24) is 9.97 Å². The Morgan fingerprint density at radius 1 is 1.16 bits per heavy atom. The number of nitro groups is 1. The van der Waals surface area contributed by atoms with Crippen LogP contribution < -0.4 is 5.32 Å². The second-order valence-electron chi connectivity index (χ2n) is 5.56. The zero-order valence-electron chi connectivity index (χ0n) is 13.8. The van der Waals surface area contributed by atoms with E-state index in [0.717, 1.165) is 12.0 Å². The lowest BCUT2D eigenvalue weighted by molar-refractivity contribution is -0.384. The molecule has 128 valence electrons. The Balaban J connectivity index is 1.77. The van der Waals surface area contributed by atoms with Crippen LogP contribution in [-0.2, 0) is 17.8 Å². The van der Waals surface area contributed by atoms with E-state index in [4.69, 9.17) is 4.74 Å². The van der Waals surface area contributed by atoms with Gasteiger partial charge in [-0.15, -0.1) is 0 Å². The van der Waals surface area contributed by atoms with Crippen LogP contribution in [-0.4, -0.2) is 28.5 Å². The molecule has 1 aromatic heterocycles. The molecule has 0 fully saturated rings. The summed E-state index contributed by atoms with van der Waals surface area (Å²) in [5.74, 6) is 0.595. The number of methoxy groups -OCH3 is 1. The molecule has 0 spiro atoms. The van der Waals surface area contributed by atoms with Crippen molar-refractivity contribution in [2.45, 2.75) is 13.0 Å². The van der Waals surface area contributed by atoms with E-state index in [2.05, 4.69) is 21.4 Å². The summed E-state index contributed by atoms with van der Waals surface area (Å²) in [4.78, 5) is 19.0. The number of hydrogen-bond donors (Lipinski definition) is 1. The SMILES string of the molecule is COCc1ccccc1CCNc1ncnc2ccc([N+](=O)[O-])cc12. The van der Waals surface area contributed by atoms with Crippen molar-refractivity contribution in [2.75, 3.05) is 19.0 Å². The van der Waals surface area contributed by atoms with Gasteiger partial charge in [0.05, 0.1) is 17.0 Å². The van der Waals surface area contributed by atoms with Crippen LogP contribution in [0.5, 0.6) is 0 Å². The second-order valence-corrected chi connectivity index (χ2v) is 5.56. The number of anilines is 1. The monoisotopic (exact) mass is 338 g/mol. The Morgan fingerprint density at radius 3 is 2.72 bits per heavy atom. The highest BCUT2D eigenvalue weighted by Crippen LogP contribution is 2.24. The predicted molar refractivity (Wildman–Crippen MR) is 95.5 cm³/mol. The summed E-state index contributed by atoms with van der Waals surface area (Å²) in [7, 11) is 1.68. The van der Waals surface area contributed by atoms with Crippen molar-refractivity contribution in [3.8, 4) is 0 Å². The van der Waals surface area contributed by atoms with Gasteiger partial charge in [-0.25, -0.2) is 9.97 Å². The molecule has 3 rings (SSSR count). The van der Waals surface area contributed by atoms with Gasteiger partial charge in [0.2, 0.25) is 0 Å². The Labute approximate surface area is 144 Å². The minimum atomic E-state index is -0.419. The molecule has 0 aliphatic carbocycles. The molecule has 0 aliphatic heterocycles. The number of nitro benzene ring substituents is 1. The third-order valence-electron chi connectivity index (χ3n) is 3.93. The summed E-state index contributed by atoms with van der Waals surface area (Å²) in [5, 5.41) is 14.9. The van der Waals surface area contributed by atoms with Crippen LogP contribution in [0.25, 0.3) is 10.9 Å². The Hall–Kier alpha value is -3.06. The highest BCUT2D eigenvalue weighted by atomic mass is 16.6. The third kappa shape index (κ3) is 3.89. The minimum absolute atomic E-state index is 0.0239. The molecule has 7 nitrogen and oxygen atoms in total. The summed E-state index contributed by atoms with van der Waals surface area (Å²) in [5.41, 5.74) is 3.04. The van der Waals surface area contributed by atoms with E-state index in [-0.39, 0.29) is 5.69 Å². The largest absolute Gasteiger partial charge is 0.380 e. The number of ether oxygens (including phenoxy) is 1. The third-order valence-corrected chi connectivity index (χ3v) is 3.93. The first-order valence-electron chi connectivity index (χ1n) is 7.88. The number of aromatic nitrogens is 2. The van der Waals surface area contributed by atoms with Gasteiger partial charge in [0.25, 0.3) is 5.69 Å². The zero-order valence-corrected chi connectivity index (χ0v) is 13.8. The van der Waals surface area contributed by atoms with E-state index in [1.54, 1.807) is 13.2 Å². The summed E-state index contributed by atoms with van der Waals surface area (Å²) < 4.78 is 5.22. The lowest BCUT2D eigenvalue weighted by atomic mass is 10.1. The van der Waals surface area contributed by atoms with Gasteiger partial charge in [-0.3, -0.25) is 10.1 Å². The van der Waals surface area contributed by atoms with Crippen molar-refractivity contribution < 1.29 is 9.66 Å². The highest BCUT2D eigenvalue weighted by Gasteiger charge is 2.10. The van der Waals surface area contributed by atoms with Crippen LogP contribution in [0.4, 0.5) is 11.5 Å². The number of hydrogen-bond acceptors (Lipinski definition) is 6. The van der Waals surface area contributed by atoms with E-state index in [0.29, 0.717) is 29.9 Å². The molecule has 0 amide bonds. The number of rotatable bonds is 7. The Morgan fingerprint density at radius 2 is 1.96 bits per heavy atom. The average Bonchev–Trinajstić information content (AvgIpc) is 2.63. The normalized spacial score (nSPS) is 10.8. The first kappa shape index (κ1) is 16.8. The van der Waals surface area contributed by atoms with E-state index in [9.17, 15) is 10.1 Å². The smallest absolute Gasteiger partial charge is 0.270 e. The van der Waals surface area contributed by atoms with Crippen LogP contribution in [0.15, 0.2) is 48.8 Å². The van der Waals surface area contributed by atoms with E-state index in [1.165, 1.54) is 24.0 Å². The maximum absolute atomic E-state index is 11.0. The van der Waals surface area contributed by atoms with Crippen LogP contribution >= 0.6 is 0 Å². The van der Waals surface area contributed by atoms with Crippen LogP contribution in [0.1, 0.15) is 11.1 Å². The molecule has 3 aromatic rings. The maximum atomic E-state index is 11.0. The Bertz CT molecular complexity index is 898. The van der Waals surface area contributed by atoms with Crippen molar-refractivity contribution >= 4 is 22.4 Å². The summed E-state index contributed by atoms with van der Waals surface area (Å²) in [6, 6.07) is 12.7. The topological polar surface area (TPSA) is 90.2 Å². The van der Waals surface area contributed by atoms with Gasteiger partial charge >= 0.3 is 0 Å². The van der Waals surface area contributed by atoms with Gasteiger partial charge in [0.1, 0.15) is 12.1 Å². The van der Waals surface area contributed by atoms with E-state index >= 15 is 0 Å². The second kappa shape index (κ2) is 7.67. The van der Waals surface area contributed by atoms with Crippen LogP contribution in [0, 0.1) is 10.1 Å². The quantitative estimate of drug-likeness (QED) is 0.525. The molecule has 0 aliphatic rings. The number of nitrogens with one attached hydrogen (secondary N) is 1. The molecular formula is C18H18N4O3. The fourth-order valence-corrected chi connectivity index (χ4v) is 2.71. The van der Waals surface area contributed by atoms with Crippen molar-refractivity contribution in [3.63, 3.8) is 0 Å². The molecule has 0 saturated heterocycles. The van der Waals surface area contributed by atoms with E-state index < -0.39 is 4.92 Å². The number of non-ortho nitro benzene ring substituents is 1. The lowest BCUT2D eigenvalue weighted by Gasteiger charge is -2.11. The van der Waals surface area contributed by atoms with Gasteiger partial charge in [-0.2, -0.15) is 0 Å². The van der Waals surface area contributed by atoms with Crippen molar-refractivity contribution in [3.05, 3.63) is 70.0 Å². The molecule has 1 heterocycles. The van der Waals surface area contributed by atoms with Crippen LogP contribution in [0.3, 0.4) is 0 Å². The first-order chi connectivity index (χ1) is 12.2. The molecule has 1 N–H and O–H groups in total. The van der Waals surface area contributed by atoms with Gasteiger partial charge in [-0.1, -0.05) is 24.3 Å². The van der Waals surface area contributed by atoms with Gasteiger partial charge in [0.15, 0.2) is 0 Å². The number of benzene rings is 2. The molecule has 0 atom stereocenters. The minimum Gasteiger partial charge on any atom is -0.380 e. The zero-order chi connectivity index (χ0) is 17.6. The highest BCUT2D eigenvalue weighted by molar-refractivity contribution is 5.90. The van der Waals surface area contributed by atoms with Crippen molar-refractivity contribution in [1.29, 1.82) is 0 Å². The summed E-state index contributed by atoms with van der Waals surface area (Å²) >= 11 is 0. The molecule has 0 bridgehead atoms. The fraction of sp³-hybridized carbons (Fsp3) is 0.222.